The number of aromatic nitrogens is 3. The molecule has 0 aliphatic carbocycles. The summed E-state index contributed by atoms with van der Waals surface area (Å²) in [6.45, 7) is 8.01. The molecule has 0 aliphatic rings. The highest BCUT2D eigenvalue weighted by molar-refractivity contribution is 7.99. The van der Waals surface area contributed by atoms with Crippen LogP contribution in [0.1, 0.15) is 24.4 Å². The number of anilines is 1. The van der Waals surface area contributed by atoms with Crippen molar-refractivity contribution in [2.24, 2.45) is 0 Å². The number of aryl methyl sites for hydroxylation is 1. The van der Waals surface area contributed by atoms with Crippen LogP contribution in [0.2, 0.25) is 5.02 Å². The smallest absolute Gasteiger partial charge is 0.269 e. The molecule has 0 saturated carbocycles. The normalized spacial score (nSPS) is 11.6. The number of thioether (sulfide) groups is 1. The van der Waals surface area contributed by atoms with Gasteiger partial charge >= 0.3 is 0 Å². The number of rotatable bonds is 10. The summed E-state index contributed by atoms with van der Waals surface area (Å²) in [6, 6.07) is 11.2. The second-order valence-corrected chi connectivity index (χ2v) is 8.42. The minimum atomic E-state index is -0.497. The van der Waals surface area contributed by atoms with Crippen molar-refractivity contribution in [1.82, 2.24) is 14.8 Å². The number of nitro benzene ring substituents is 1. The fraction of sp³-hybridized carbons (Fsp3) is 0.227. The molecule has 0 radical (unpaired) electrons. The lowest BCUT2D eigenvalue weighted by Crippen LogP contribution is -2.15. The zero-order chi connectivity index (χ0) is 24.0. The molecule has 3 rings (SSSR count). The lowest BCUT2D eigenvalue weighted by molar-refractivity contribution is -0.384. The van der Waals surface area contributed by atoms with Crippen LogP contribution in [0.4, 0.5) is 11.4 Å². The second kappa shape index (κ2) is 11.0. The van der Waals surface area contributed by atoms with Crippen molar-refractivity contribution in [3.8, 4) is 5.75 Å². The Morgan fingerprint density at radius 3 is 2.73 bits per heavy atom. The van der Waals surface area contributed by atoms with E-state index in [0.717, 1.165) is 5.56 Å². The third-order valence-corrected chi connectivity index (χ3v) is 5.78. The van der Waals surface area contributed by atoms with E-state index < -0.39 is 11.0 Å². The molecule has 1 amide bonds. The standard InChI is InChI=1S/C22H22ClN5O4S/c1-4-11-27-21(15(3)32-19-12-14(2)5-10-18(19)23)25-26-22(27)33-13-20(29)24-16-6-8-17(9-7-16)28(30)31/h4-10,12,15H,1,11,13H2,2-3H3,(H,24,29). The predicted octanol–water partition coefficient (Wildman–Crippen LogP) is 5.20. The molecule has 172 valence electrons. The zero-order valence-electron chi connectivity index (χ0n) is 18.0. The monoisotopic (exact) mass is 487 g/mol. The van der Waals surface area contributed by atoms with Gasteiger partial charge in [-0.15, -0.1) is 16.8 Å². The van der Waals surface area contributed by atoms with E-state index in [9.17, 15) is 14.9 Å². The molecule has 11 heteroatoms. The number of amides is 1. The Hall–Kier alpha value is -3.37. The lowest BCUT2D eigenvalue weighted by atomic mass is 10.2. The minimum Gasteiger partial charge on any atom is -0.481 e. The van der Waals surface area contributed by atoms with E-state index in [4.69, 9.17) is 16.3 Å². The van der Waals surface area contributed by atoms with Crippen molar-refractivity contribution >= 4 is 40.6 Å². The van der Waals surface area contributed by atoms with Gasteiger partial charge in [0, 0.05) is 24.4 Å². The van der Waals surface area contributed by atoms with Gasteiger partial charge in [0.25, 0.3) is 5.69 Å². The number of nitrogens with one attached hydrogen (secondary N) is 1. The van der Waals surface area contributed by atoms with Crippen LogP contribution in [0.25, 0.3) is 0 Å². The van der Waals surface area contributed by atoms with Crippen LogP contribution in [0.3, 0.4) is 0 Å². The van der Waals surface area contributed by atoms with Crippen molar-refractivity contribution in [2.45, 2.75) is 31.7 Å². The Kier molecular flexibility index (Phi) is 8.07. The van der Waals surface area contributed by atoms with Crippen LogP contribution in [0, 0.1) is 17.0 Å². The van der Waals surface area contributed by atoms with E-state index in [2.05, 4.69) is 22.1 Å². The molecule has 0 fully saturated rings. The average Bonchev–Trinajstić information content (AvgIpc) is 3.18. The van der Waals surface area contributed by atoms with Crippen molar-refractivity contribution in [2.75, 3.05) is 11.1 Å². The second-order valence-electron chi connectivity index (χ2n) is 7.07. The number of benzene rings is 2. The number of carbonyl (C=O) groups is 1. The molecule has 0 bridgehead atoms. The number of nitrogens with zero attached hydrogens (tertiary/aromatic N) is 4. The van der Waals surface area contributed by atoms with Crippen molar-refractivity contribution < 1.29 is 14.5 Å². The summed E-state index contributed by atoms with van der Waals surface area (Å²) in [5, 5.41) is 22.9. The van der Waals surface area contributed by atoms with Crippen molar-refractivity contribution in [1.29, 1.82) is 0 Å². The van der Waals surface area contributed by atoms with Crippen molar-refractivity contribution in [3.63, 3.8) is 0 Å². The first-order valence-corrected chi connectivity index (χ1v) is 11.3. The van der Waals surface area contributed by atoms with E-state index in [-0.39, 0.29) is 17.3 Å². The summed E-state index contributed by atoms with van der Waals surface area (Å²) < 4.78 is 7.84. The van der Waals surface area contributed by atoms with Crippen LogP contribution >= 0.6 is 23.4 Å². The molecule has 33 heavy (non-hydrogen) atoms. The zero-order valence-corrected chi connectivity index (χ0v) is 19.6. The third kappa shape index (κ3) is 6.33. The molecular formula is C22H22ClN5O4S. The van der Waals surface area contributed by atoms with E-state index in [0.29, 0.717) is 34.0 Å². The molecule has 1 N–H and O–H groups in total. The largest absolute Gasteiger partial charge is 0.481 e. The van der Waals surface area contributed by atoms with Gasteiger partial charge in [0.2, 0.25) is 5.91 Å². The van der Waals surface area contributed by atoms with Crippen LogP contribution in [-0.2, 0) is 11.3 Å². The maximum absolute atomic E-state index is 12.3. The SMILES string of the molecule is C=CCn1c(SCC(=O)Nc2ccc([N+](=O)[O-])cc2)nnc1C(C)Oc1cc(C)ccc1Cl. The predicted molar refractivity (Wildman–Crippen MR) is 128 cm³/mol. The summed E-state index contributed by atoms with van der Waals surface area (Å²) in [4.78, 5) is 22.6. The summed E-state index contributed by atoms with van der Waals surface area (Å²) in [5.41, 5.74) is 1.44. The highest BCUT2D eigenvalue weighted by Crippen LogP contribution is 2.30. The molecule has 1 aromatic heterocycles. The molecule has 0 spiro atoms. The fourth-order valence-electron chi connectivity index (χ4n) is 2.95. The molecule has 0 saturated heterocycles. The van der Waals surface area contributed by atoms with E-state index in [1.165, 1.54) is 36.0 Å². The van der Waals surface area contributed by atoms with Gasteiger partial charge < -0.3 is 10.1 Å². The number of nitro groups is 1. The summed E-state index contributed by atoms with van der Waals surface area (Å²) >= 11 is 7.46. The van der Waals surface area contributed by atoms with Crippen LogP contribution in [-0.4, -0.2) is 31.3 Å². The van der Waals surface area contributed by atoms with Crippen molar-refractivity contribution in [3.05, 3.63) is 81.6 Å². The average molecular weight is 488 g/mol. The minimum absolute atomic E-state index is 0.0456. The maximum Gasteiger partial charge on any atom is 0.269 e. The first kappa shape index (κ1) is 24.3. The first-order valence-electron chi connectivity index (χ1n) is 9.92. The number of hydrogen-bond acceptors (Lipinski definition) is 7. The Labute approximate surface area is 200 Å². The lowest BCUT2D eigenvalue weighted by Gasteiger charge is -2.17. The first-order chi connectivity index (χ1) is 15.8. The van der Waals surface area contributed by atoms with Gasteiger partial charge in [-0.2, -0.15) is 0 Å². The van der Waals surface area contributed by atoms with E-state index >= 15 is 0 Å². The van der Waals surface area contributed by atoms with Gasteiger partial charge in [-0.3, -0.25) is 19.5 Å². The summed E-state index contributed by atoms with van der Waals surface area (Å²) in [5.74, 6) is 0.921. The van der Waals surface area contributed by atoms with Gasteiger partial charge in [-0.25, -0.2) is 0 Å². The van der Waals surface area contributed by atoms with Gasteiger partial charge in [0.05, 0.1) is 15.7 Å². The maximum atomic E-state index is 12.3. The molecule has 0 aliphatic heterocycles. The Morgan fingerprint density at radius 1 is 1.33 bits per heavy atom. The van der Waals surface area contributed by atoms with Crippen LogP contribution in [0.5, 0.6) is 5.75 Å². The van der Waals surface area contributed by atoms with Gasteiger partial charge in [0.15, 0.2) is 17.1 Å². The van der Waals surface area contributed by atoms with Gasteiger partial charge in [-0.05, 0) is 43.7 Å². The molecule has 1 unspecified atom stereocenters. The highest BCUT2D eigenvalue weighted by Gasteiger charge is 2.20. The number of halogens is 1. The van der Waals surface area contributed by atoms with Crippen LogP contribution in [0.15, 0.2) is 60.3 Å². The highest BCUT2D eigenvalue weighted by atomic mass is 35.5. The molecule has 2 aromatic carbocycles. The quantitative estimate of drug-likeness (QED) is 0.181. The van der Waals surface area contributed by atoms with Crippen LogP contribution < -0.4 is 10.1 Å². The summed E-state index contributed by atoms with van der Waals surface area (Å²) in [7, 11) is 0. The number of carbonyl (C=O) groups excluding carboxylic acids is 1. The molecule has 1 heterocycles. The number of non-ortho nitro benzene ring substituents is 1. The van der Waals surface area contributed by atoms with E-state index in [1.54, 1.807) is 12.1 Å². The fourth-order valence-corrected chi connectivity index (χ4v) is 3.86. The number of ether oxygens (including phenoxy) is 1. The molecular weight excluding hydrogens is 466 g/mol. The third-order valence-electron chi connectivity index (χ3n) is 4.51. The van der Waals surface area contributed by atoms with Gasteiger partial charge in [-0.1, -0.05) is 35.5 Å². The number of allylic oxidation sites excluding steroid dienone is 1. The summed E-state index contributed by atoms with van der Waals surface area (Å²) in [6.07, 6.45) is 1.26. The molecule has 1 atom stereocenters. The molecule has 3 aromatic rings. The Bertz CT molecular complexity index is 1170. The topological polar surface area (TPSA) is 112 Å². The Balaban J connectivity index is 1.67. The van der Waals surface area contributed by atoms with E-state index in [1.807, 2.05) is 30.5 Å². The van der Waals surface area contributed by atoms with Gasteiger partial charge in [0.1, 0.15) is 5.75 Å². The molecule has 9 nitrogen and oxygen atoms in total. The number of hydrogen-bond donors (Lipinski definition) is 1. The Morgan fingerprint density at radius 2 is 2.06 bits per heavy atom.